The maximum atomic E-state index is 12.9. The van der Waals surface area contributed by atoms with E-state index in [9.17, 15) is 22.9 Å². The molecule has 1 aliphatic heterocycles. The maximum Gasteiger partial charge on any atom is 0.267 e. The van der Waals surface area contributed by atoms with Gasteiger partial charge in [0, 0.05) is 19.5 Å². The summed E-state index contributed by atoms with van der Waals surface area (Å²) < 4.78 is 32.1. The summed E-state index contributed by atoms with van der Waals surface area (Å²) in [5, 5.41) is 9.58. The predicted octanol–water partition coefficient (Wildman–Crippen LogP) is 5.30. The lowest BCUT2D eigenvalue weighted by Crippen LogP contribution is -2.54. The highest BCUT2D eigenvalue weighted by molar-refractivity contribution is 7.86. The van der Waals surface area contributed by atoms with Crippen molar-refractivity contribution in [1.29, 1.82) is 0 Å². The number of amides is 1. The molecular weight excluding hydrogens is 474 g/mol. The van der Waals surface area contributed by atoms with Crippen molar-refractivity contribution in [2.24, 2.45) is 46.3 Å². The number of hydrogen-bond donors (Lipinski definition) is 2. The number of nitrogens with zero attached hydrogens (tertiary/aromatic N) is 1. The fourth-order valence-corrected chi connectivity index (χ4v) is 11.1. The minimum atomic E-state index is -4.00. The van der Waals surface area contributed by atoms with Gasteiger partial charge in [0.1, 0.15) is 0 Å². The second-order valence-electron chi connectivity index (χ2n) is 13.9. The Hall–Kier alpha value is -0.660. The molecule has 1 saturated heterocycles. The Labute approximate surface area is 218 Å². The lowest BCUT2D eigenvalue weighted by molar-refractivity contribution is -0.133. The Bertz CT molecular complexity index is 930. The Morgan fingerprint density at radius 1 is 0.944 bits per heavy atom. The molecule has 4 saturated carbocycles. The van der Waals surface area contributed by atoms with Gasteiger partial charge in [-0.1, -0.05) is 20.8 Å². The van der Waals surface area contributed by atoms with E-state index in [2.05, 4.69) is 20.8 Å². The zero-order chi connectivity index (χ0) is 25.9. The van der Waals surface area contributed by atoms with Crippen molar-refractivity contribution >= 4 is 16.0 Å². The van der Waals surface area contributed by atoms with Crippen LogP contribution >= 0.6 is 0 Å². The Morgan fingerprint density at radius 3 is 2.31 bits per heavy atom. The number of carbonyl (C=O) groups excluding carboxylic acids is 1. The fraction of sp³-hybridized carbons (Fsp3) is 0.966. The summed E-state index contributed by atoms with van der Waals surface area (Å²) in [4.78, 5) is 14.7. The average Bonchev–Trinajstić information content (AvgIpc) is 3.19. The number of hydrogen-bond acceptors (Lipinski definition) is 4. The second kappa shape index (κ2) is 9.82. The Balaban J connectivity index is 1.18. The molecule has 0 aromatic carbocycles. The van der Waals surface area contributed by atoms with E-state index < -0.39 is 15.4 Å². The first-order valence-electron chi connectivity index (χ1n) is 14.9. The third kappa shape index (κ3) is 4.68. The van der Waals surface area contributed by atoms with Gasteiger partial charge in [-0.15, -0.1) is 0 Å². The quantitative estimate of drug-likeness (QED) is 0.477. The summed E-state index contributed by atoms with van der Waals surface area (Å²) in [5.74, 6) is 4.52. The van der Waals surface area contributed by atoms with Crippen LogP contribution in [0.25, 0.3) is 0 Å². The topological polar surface area (TPSA) is 94.9 Å². The maximum absolute atomic E-state index is 12.9. The van der Waals surface area contributed by atoms with Crippen LogP contribution in [0.2, 0.25) is 0 Å². The molecule has 5 aliphatic rings. The number of rotatable bonds is 5. The van der Waals surface area contributed by atoms with Gasteiger partial charge in [-0.2, -0.15) is 8.42 Å². The molecule has 2 N–H and O–H groups in total. The zero-order valence-electron chi connectivity index (χ0n) is 22.7. The number of fused-ring (bicyclic) bond motifs is 5. The molecule has 1 amide bonds. The summed E-state index contributed by atoms with van der Waals surface area (Å²) in [6.45, 7) is 8.36. The van der Waals surface area contributed by atoms with Gasteiger partial charge in [-0.3, -0.25) is 9.35 Å². The normalized spacial score (nSPS) is 44.4. The summed E-state index contributed by atoms with van der Waals surface area (Å²) >= 11 is 0. The van der Waals surface area contributed by atoms with Crippen LogP contribution in [0, 0.1) is 46.3 Å². The molecule has 9 unspecified atom stereocenters. The molecule has 0 spiro atoms. The van der Waals surface area contributed by atoms with Crippen LogP contribution in [-0.4, -0.2) is 53.3 Å². The SMILES string of the molecule is CC(CCC(=O)N1CCC(S(=O)(=O)O)CC1)C1CCC2C3CCC4CC(O)CCC4(C)C3CCC12C. The molecule has 5 rings (SSSR count). The van der Waals surface area contributed by atoms with Gasteiger partial charge in [0.25, 0.3) is 10.1 Å². The third-order valence-corrected chi connectivity index (χ3v) is 13.7. The van der Waals surface area contributed by atoms with Crippen molar-refractivity contribution in [2.75, 3.05) is 13.1 Å². The molecule has 1 heterocycles. The van der Waals surface area contributed by atoms with Gasteiger partial charge in [0.05, 0.1) is 11.4 Å². The van der Waals surface area contributed by atoms with E-state index in [4.69, 9.17) is 0 Å². The highest BCUT2D eigenvalue weighted by atomic mass is 32.2. The third-order valence-electron chi connectivity index (χ3n) is 12.4. The van der Waals surface area contributed by atoms with Crippen molar-refractivity contribution in [3.05, 3.63) is 0 Å². The molecular formula is C29H49NO5S. The Morgan fingerprint density at radius 2 is 1.61 bits per heavy atom. The molecule has 0 aromatic rings. The first-order chi connectivity index (χ1) is 16.9. The summed E-state index contributed by atoms with van der Waals surface area (Å²) in [6.07, 6.45) is 13.2. The predicted molar refractivity (Wildman–Crippen MR) is 141 cm³/mol. The lowest BCUT2D eigenvalue weighted by Gasteiger charge is -2.61. The van der Waals surface area contributed by atoms with Gasteiger partial charge < -0.3 is 10.0 Å². The van der Waals surface area contributed by atoms with E-state index in [0.717, 1.165) is 37.0 Å². The van der Waals surface area contributed by atoms with Crippen molar-refractivity contribution in [3.63, 3.8) is 0 Å². The molecule has 206 valence electrons. The number of likely N-dealkylation sites (tertiary alicyclic amines) is 1. The van der Waals surface area contributed by atoms with Gasteiger partial charge in [-0.25, -0.2) is 0 Å². The monoisotopic (exact) mass is 523 g/mol. The number of carbonyl (C=O) groups is 1. The molecule has 0 bridgehead atoms. The Kier molecular flexibility index (Phi) is 7.35. The number of piperidine rings is 1. The first-order valence-corrected chi connectivity index (χ1v) is 16.4. The largest absolute Gasteiger partial charge is 0.393 e. The molecule has 0 radical (unpaired) electrons. The highest BCUT2D eigenvalue weighted by Gasteiger charge is 2.60. The summed E-state index contributed by atoms with van der Waals surface area (Å²) in [6, 6.07) is 0. The fourth-order valence-electron chi connectivity index (χ4n) is 10.3. The van der Waals surface area contributed by atoms with E-state index in [1.54, 1.807) is 4.90 Å². The van der Waals surface area contributed by atoms with Crippen molar-refractivity contribution in [3.8, 4) is 0 Å². The number of aliphatic hydroxyl groups is 1. The molecule has 5 fully saturated rings. The van der Waals surface area contributed by atoms with Crippen molar-refractivity contribution in [2.45, 2.75) is 116 Å². The van der Waals surface area contributed by atoms with E-state index in [-0.39, 0.29) is 12.0 Å². The minimum absolute atomic E-state index is 0.0815. The van der Waals surface area contributed by atoms with Gasteiger partial charge in [0.2, 0.25) is 5.91 Å². The van der Waals surface area contributed by atoms with Crippen LogP contribution in [0.5, 0.6) is 0 Å². The summed E-state index contributed by atoms with van der Waals surface area (Å²) in [5.41, 5.74) is 0.803. The van der Waals surface area contributed by atoms with Gasteiger partial charge >= 0.3 is 0 Å². The second-order valence-corrected chi connectivity index (χ2v) is 15.6. The smallest absolute Gasteiger partial charge is 0.267 e. The zero-order valence-corrected chi connectivity index (χ0v) is 23.5. The van der Waals surface area contributed by atoms with Gasteiger partial charge in [0.15, 0.2) is 0 Å². The lowest BCUT2D eigenvalue weighted by atomic mass is 9.44. The summed E-state index contributed by atoms with van der Waals surface area (Å²) in [7, 11) is -4.00. The van der Waals surface area contributed by atoms with E-state index in [1.165, 1.54) is 44.9 Å². The molecule has 6 nitrogen and oxygen atoms in total. The molecule has 0 aromatic heterocycles. The van der Waals surface area contributed by atoms with Crippen molar-refractivity contribution in [1.82, 2.24) is 4.90 Å². The minimum Gasteiger partial charge on any atom is -0.393 e. The average molecular weight is 524 g/mol. The van der Waals surface area contributed by atoms with E-state index in [0.29, 0.717) is 60.9 Å². The standard InChI is InChI=1S/C29H49NO5S/c1-19(4-9-27(32)30-16-12-22(13-17-30)36(33,34)35)24-7-8-25-23-6-5-20-18-21(31)10-14-28(20,2)26(23)11-15-29(24,25)3/h19-26,31H,4-18H2,1-3H3,(H,33,34,35). The number of aliphatic hydroxyl groups excluding tert-OH is 1. The first kappa shape index (κ1) is 26.9. The van der Waals surface area contributed by atoms with Crippen molar-refractivity contribution < 1.29 is 22.9 Å². The molecule has 7 heteroatoms. The van der Waals surface area contributed by atoms with Crippen LogP contribution in [0.4, 0.5) is 0 Å². The van der Waals surface area contributed by atoms with Gasteiger partial charge in [-0.05, 0) is 123 Å². The highest BCUT2D eigenvalue weighted by Crippen LogP contribution is 2.68. The van der Waals surface area contributed by atoms with Crippen LogP contribution in [0.15, 0.2) is 0 Å². The molecule has 36 heavy (non-hydrogen) atoms. The van der Waals surface area contributed by atoms with E-state index >= 15 is 0 Å². The van der Waals surface area contributed by atoms with Crippen LogP contribution in [-0.2, 0) is 14.9 Å². The van der Waals surface area contributed by atoms with Crippen LogP contribution in [0.1, 0.15) is 104 Å². The molecule has 9 atom stereocenters. The van der Waals surface area contributed by atoms with Crippen LogP contribution < -0.4 is 0 Å². The van der Waals surface area contributed by atoms with E-state index in [1.807, 2.05) is 0 Å². The molecule has 4 aliphatic carbocycles. The van der Waals surface area contributed by atoms with Crippen LogP contribution in [0.3, 0.4) is 0 Å².